The Labute approximate surface area is 56.1 Å². The highest BCUT2D eigenvalue weighted by atomic mass is 35.7. The van der Waals surface area contributed by atoms with Crippen molar-refractivity contribution in [3.05, 3.63) is 0 Å². The molecule has 0 aromatic heterocycles. The molecule has 9 heteroatoms. The average Bonchev–Trinajstić information content (AvgIpc) is 1.64. The van der Waals surface area contributed by atoms with Crippen molar-refractivity contribution in [3.8, 4) is 0 Å². The van der Waals surface area contributed by atoms with E-state index in [9.17, 15) is 13.0 Å². The third kappa shape index (κ3) is 2.21. The van der Waals surface area contributed by atoms with Crippen molar-refractivity contribution in [2.24, 2.45) is 5.84 Å². The van der Waals surface area contributed by atoms with Crippen LogP contribution in [0.5, 0.6) is 0 Å². The van der Waals surface area contributed by atoms with E-state index in [0.717, 1.165) is 0 Å². The van der Waals surface area contributed by atoms with Crippen LogP contribution in [0.4, 0.5) is 0 Å². The zero-order valence-electron chi connectivity index (χ0n) is 3.98. The Balaban J connectivity index is 4.80. The fourth-order valence-corrected chi connectivity index (χ4v) is 0.599. The van der Waals surface area contributed by atoms with Crippen molar-refractivity contribution >= 4 is 26.8 Å². The SMILES string of the molecule is NNP(=O)(Cl)S(=O)(=O)O. The summed E-state index contributed by atoms with van der Waals surface area (Å²) in [5.74, 6) is 0.0787. The Kier molecular flexibility index (Phi) is 2.63. The summed E-state index contributed by atoms with van der Waals surface area (Å²) in [5, 5.41) is 1.26. The summed E-state index contributed by atoms with van der Waals surface area (Å²) >= 11 is 4.68. The van der Waals surface area contributed by atoms with E-state index in [1.165, 1.54) is 5.20 Å². The van der Waals surface area contributed by atoms with E-state index >= 15 is 0 Å². The van der Waals surface area contributed by atoms with E-state index in [1.54, 1.807) is 0 Å². The van der Waals surface area contributed by atoms with Crippen molar-refractivity contribution in [3.63, 3.8) is 0 Å². The van der Waals surface area contributed by atoms with Crippen LogP contribution in [0.3, 0.4) is 0 Å². The van der Waals surface area contributed by atoms with Crippen LogP contribution in [-0.2, 0) is 14.3 Å². The Morgan fingerprint density at radius 3 is 2.00 bits per heavy atom. The Morgan fingerprint density at radius 2 is 2.00 bits per heavy atom. The highest BCUT2D eigenvalue weighted by molar-refractivity contribution is 8.57. The fraction of sp³-hybridized carbons (Fsp3) is 0. The van der Waals surface area contributed by atoms with Gasteiger partial charge in [-0.05, 0) is 11.2 Å². The molecule has 1 unspecified atom stereocenters. The molecule has 0 aliphatic rings. The maximum absolute atomic E-state index is 10.3. The number of halogens is 1. The first-order valence-corrected chi connectivity index (χ1v) is 6.22. The molecule has 0 spiro atoms. The van der Waals surface area contributed by atoms with Crippen LogP contribution >= 0.6 is 17.1 Å². The highest BCUT2D eigenvalue weighted by Crippen LogP contribution is 2.51. The zero-order valence-corrected chi connectivity index (χ0v) is 6.45. The minimum Gasteiger partial charge on any atom is -0.278 e. The quantitative estimate of drug-likeness (QED) is 0.241. The molecule has 0 fully saturated rings. The molecule has 1 atom stereocenters. The predicted octanol–water partition coefficient (Wildman–Crippen LogP) is -0.316. The molecule has 9 heavy (non-hydrogen) atoms. The standard InChI is InChI=1S/ClH4N2O4PS/c1-8(4,3-2)9(5,6)7/h2H2,(H,3,4)(H,5,6,7). The van der Waals surface area contributed by atoms with Crippen LogP contribution in [-0.4, -0.2) is 13.0 Å². The van der Waals surface area contributed by atoms with Crippen molar-refractivity contribution in [2.45, 2.75) is 0 Å². The molecule has 56 valence electrons. The van der Waals surface area contributed by atoms with Gasteiger partial charge >= 0.3 is 15.6 Å². The van der Waals surface area contributed by atoms with Gasteiger partial charge in [-0.2, -0.15) is 13.6 Å². The maximum Gasteiger partial charge on any atom is 0.382 e. The van der Waals surface area contributed by atoms with Gasteiger partial charge in [0.1, 0.15) is 0 Å². The summed E-state index contributed by atoms with van der Waals surface area (Å²) in [7, 11) is -4.77. The van der Waals surface area contributed by atoms with Gasteiger partial charge in [0.05, 0.1) is 0 Å². The molecule has 0 radical (unpaired) electrons. The first-order chi connectivity index (χ1) is 3.81. The zero-order chi connectivity index (χ0) is 7.71. The minimum atomic E-state index is -4.77. The predicted molar refractivity (Wildman–Crippen MR) is 32.3 cm³/mol. The summed E-state index contributed by atoms with van der Waals surface area (Å²) in [6.45, 7) is 0. The molecule has 0 amide bonds. The largest absolute Gasteiger partial charge is 0.382 e. The van der Waals surface area contributed by atoms with Crippen molar-refractivity contribution in [1.29, 1.82) is 0 Å². The van der Waals surface area contributed by atoms with Gasteiger partial charge in [0.25, 0.3) is 0 Å². The molecule has 0 heterocycles. The smallest absolute Gasteiger partial charge is 0.278 e. The molecule has 0 aromatic rings. The minimum absolute atomic E-state index is 1.26. The summed E-state index contributed by atoms with van der Waals surface area (Å²) in [5.41, 5.74) is 0. The van der Waals surface area contributed by atoms with Gasteiger partial charge in [-0.15, -0.1) is 0 Å². The van der Waals surface area contributed by atoms with Gasteiger partial charge in [-0.3, -0.25) is 15.0 Å². The average molecular weight is 195 g/mol. The second kappa shape index (κ2) is 2.53. The molecule has 4 N–H and O–H groups in total. The Hall–Kier alpha value is 0.350. The van der Waals surface area contributed by atoms with E-state index in [1.807, 2.05) is 0 Å². The molecule has 0 aliphatic carbocycles. The van der Waals surface area contributed by atoms with Gasteiger partial charge in [0, 0.05) is 0 Å². The topological polar surface area (TPSA) is 109 Å². The van der Waals surface area contributed by atoms with Gasteiger partial charge in [0.15, 0.2) is 0 Å². The normalized spacial score (nSPS) is 19.0. The number of hydrogen-bond acceptors (Lipinski definition) is 4. The molecule has 0 aliphatic heterocycles. The van der Waals surface area contributed by atoms with Crippen molar-refractivity contribution in [2.75, 3.05) is 0 Å². The van der Waals surface area contributed by atoms with E-state index in [-0.39, 0.29) is 0 Å². The van der Waals surface area contributed by atoms with Crippen molar-refractivity contribution < 1.29 is 17.5 Å². The first-order valence-electron chi connectivity index (χ1n) is 1.56. The maximum atomic E-state index is 10.3. The van der Waals surface area contributed by atoms with Gasteiger partial charge in [-0.25, -0.2) is 0 Å². The lowest BCUT2D eigenvalue weighted by Crippen LogP contribution is -2.19. The second-order valence-electron chi connectivity index (χ2n) is 1.06. The molecular formula is H4ClN2O4PS. The summed E-state index contributed by atoms with van der Waals surface area (Å²) in [6, 6.07) is 0. The van der Waals surface area contributed by atoms with Crippen LogP contribution in [0.15, 0.2) is 0 Å². The molecule has 0 aromatic carbocycles. The molecule has 0 saturated heterocycles. The van der Waals surface area contributed by atoms with Crippen LogP contribution < -0.4 is 11.0 Å². The summed E-state index contributed by atoms with van der Waals surface area (Å²) in [6.07, 6.45) is 0. The molecular weight excluding hydrogens is 191 g/mol. The number of hydrazine groups is 1. The number of rotatable bonds is 2. The van der Waals surface area contributed by atoms with E-state index in [0.29, 0.717) is 0 Å². The number of nitrogens with two attached hydrogens (primary N) is 1. The van der Waals surface area contributed by atoms with Crippen LogP contribution in [0, 0.1) is 0 Å². The third-order valence-electron chi connectivity index (χ3n) is 0.451. The number of hydrogen-bond donors (Lipinski definition) is 3. The Morgan fingerprint density at radius 1 is 1.67 bits per heavy atom. The second-order valence-corrected chi connectivity index (χ2v) is 8.13. The van der Waals surface area contributed by atoms with E-state index in [2.05, 4.69) is 17.1 Å². The fourth-order valence-electron chi connectivity index (χ4n) is 0.0666. The molecule has 0 saturated carbocycles. The molecule has 0 bridgehead atoms. The lowest BCUT2D eigenvalue weighted by Gasteiger charge is -2.01. The summed E-state index contributed by atoms with van der Waals surface area (Å²) in [4.78, 5) is 0. The lowest BCUT2D eigenvalue weighted by molar-refractivity contribution is 0.493. The van der Waals surface area contributed by atoms with Gasteiger partial charge < -0.3 is 0 Å². The van der Waals surface area contributed by atoms with Crippen molar-refractivity contribution in [1.82, 2.24) is 5.20 Å². The van der Waals surface area contributed by atoms with Gasteiger partial charge in [-0.1, -0.05) is 0 Å². The third-order valence-corrected chi connectivity index (χ3v) is 5.31. The van der Waals surface area contributed by atoms with E-state index in [4.69, 9.17) is 4.55 Å². The Bertz CT molecular complexity index is 231. The van der Waals surface area contributed by atoms with Crippen LogP contribution in [0.1, 0.15) is 0 Å². The lowest BCUT2D eigenvalue weighted by atomic mass is 13.0. The first kappa shape index (κ1) is 9.35. The highest BCUT2D eigenvalue weighted by Gasteiger charge is 2.32. The monoisotopic (exact) mass is 194 g/mol. The van der Waals surface area contributed by atoms with Crippen LogP contribution in [0.25, 0.3) is 0 Å². The van der Waals surface area contributed by atoms with Gasteiger partial charge in [0.2, 0.25) is 0 Å². The molecule has 0 rings (SSSR count). The number of nitrogens with one attached hydrogen (secondary N) is 1. The molecule has 6 nitrogen and oxygen atoms in total. The summed E-state index contributed by atoms with van der Waals surface area (Å²) < 4.78 is 38.1. The van der Waals surface area contributed by atoms with E-state index < -0.39 is 15.6 Å². The van der Waals surface area contributed by atoms with Crippen LogP contribution in [0.2, 0.25) is 0 Å².